The van der Waals surface area contributed by atoms with Crippen LogP contribution in [-0.2, 0) is 11.3 Å². The third-order valence-corrected chi connectivity index (χ3v) is 5.26. The van der Waals surface area contributed by atoms with E-state index in [1.807, 2.05) is 0 Å². The molecule has 0 spiro atoms. The zero-order chi connectivity index (χ0) is 15.4. The number of nitrogens with zero attached hydrogens (tertiary/aromatic N) is 2. The standard InChI is InChI=1S/C17H16F2N2O/c1-22-13-4-2-12(3-5-13)17(18,19)16-9-15(10-16,11-16)14-8-20-6-7-21-14/h2-8H,9-11H2,1H3. The second-order valence-electron chi connectivity index (χ2n) is 6.48. The zero-order valence-electron chi connectivity index (χ0n) is 12.2. The monoisotopic (exact) mass is 302 g/mol. The van der Waals surface area contributed by atoms with E-state index in [9.17, 15) is 8.78 Å². The van der Waals surface area contributed by atoms with E-state index in [4.69, 9.17) is 4.74 Å². The molecule has 5 heteroatoms. The molecule has 1 heterocycles. The molecule has 3 aliphatic rings. The summed E-state index contributed by atoms with van der Waals surface area (Å²) in [7, 11) is 1.53. The molecule has 0 saturated heterocycles. The molecular weight excluding hydrogens is 286 g/mol. The second kappa shape index (κ2) is 4.24. The summed E-state index contributed by atoms with van der Waals surface area (Å²) in [4.78, 5) is 8.35. The highest BCUT2D eigenvalue weighted by molar-refractivity contribution is 5.40. The summed E-state index contributed by atoms with van der Waals surface area (Å²) in [5.41, 5.74) is -0.174. The third-order valence-electron chi connectivity index (χ3n) is 5.26. The van der Waals surface area contributed by atoms with Crippen LogP contribution in [0.25, 0.3) is 0 Å². The van der Waals surface area contributed by atoms with Crippen LogP contribution in [0.1, 0.15) is 30.5 Å². The fourth-order valence-electron chi connectivity index (χ4n) is 4.07. The summed E-state index contributed by atoms with van der Waals surface area (Å²) in [6.07, 6.45) is 6.39. The average Bonchev–Trinajstić information content (AvgIpc) is 2.45. The Balaban J connectivity index is 1.57. The predicted octanol–water partition coefficient (Wildman–Crippen LogP) is 3.70. The molecule has 22 heavy (non-hydrogen) atoms. The van der Waals surface area contributed by atoms with E-state index in [1.165, 1.54) is 19.2 Å². The number of alkyl halides is 2. The first-order valence-corrected chi connectivity index (χ1v) is 7.30. The van der Waals surface area contributed by atoms with Gasteiger partial charge in [-0.15, -0.1) is 0 Å². The molecule has 1 aromatic heterocycles. The number of hydrogen-bond acceptors (Lipinski definition) is 3. The minimum absolute atomic E-state index is 0.0701. The summed E-state index contributed by atoms with van der Waals surface area (Å²) in [5, 5.41) is 0. The van der Waals surface area contributed by atoms with Gasteiger partial charge in [0.2, 0.25) is 0 Å². The van der Waals surface area contributed by atoms with Crippen LogP contribution in [-0.4, -0.2) is 17.1 Å². The van der Waals surface area contributed by atoms with Crippen LogP contribution < -0.4 is 4.74 Å². The summed E-state index contributed by atoms with van der Waals surface area (Å²) in [6, 6.07) is 6.11. The number of benzene rings is 1. The van der Waals surface area contributed by atoms with Crippen molar-refractivity contribution in [1.82, 2.24) is 9.97 Å². The van der Waals surface area contributed by atoms with Crippen LogP contribution in [0.5, 0.6) is 5.75 Å². The highest BCUT2D eigenvalue weighted by atomic mass is 19.3. The first kappa shape index (κ1) is 13.6. The number of ether oxygens (including phenoxy) is 1. The van der Waals surface area contributed by atoms with Crippen molar-refractivity contribution in [1.29, 1.82) is 0 Å². The second-order valence-corrected chi connectivity index (χ2v) is 6.48. The van der Waals surface area contributed by atoms with Gasteiger partial charge in [-0.05, 0) is 43.5 Å². The first-order valence-electron chi connectivity index (χ1n) is 7.30. The van der Waals surface area contributed by atoms with Crippen molar-refractivity contribution < 1.29 is 13.5 Å². The molecule has 0 aliphatic heterocycles. The third kappa shape index (κ3) is 1.59. The van der Waals surface area contributed by atoms with Gasteiger partial charge in [-0.25, -0.2) is 8.78 Å². The lowest BCUT2D eigenvalue weighted by atomic mass is 9.32. The van der Waals surface area contributed by atoms with E-state index in [0.29, 0.717) is 25.0 Å². The summed E-state index contributed by atoms with van der Waals surface area (Å²) in [5.74, 6) is -2.23. The Labute approximate surface area is 127 Å². The molecule has 114 valence electrons. The maximum atomic E-state index is 14.9. The molecule has 2 aromatic rings. The van der Waals surface area contributed by atoms with Gasteiger partial charge in [0.25, 0.3) is 5.92 Å². The quantitative estimate of drug-likeness (QED) is 0.864. The highest BCUT2D eigenvalue weighted by Crippen LogP contribution is 2.79. The van der Waals surface area contributed by atoms with Gasteiger partial charge in [0.05, 0.1) is 12.8 Å². The Morgan fingerprint density at radius 3 is 2.32 bits per heavy atom. The smallest absolute Gasteiger partial charge is 0.278 e. The average molecular weight is 302 g/mol. The predicted molar refractivity (Wildman–Crippen MR) is 76.9 cm³/mol. The molecule has 3 saturated carbocycles. The van der Waals surface area contributed by atoms with Crippen LogP contribution in [0, 0.1) is 5.41 Å². The van der Waals surface area contributed by atoms with E-state index in [0.717, 1.165) is 5.69 Å². The van der Waals surface area contributed by atoms with Crippen molar-refractivity contribution in [3.05, 3.63) is 54.1 Å². The molecule has 0 radical (unpaired) electrons. The van der Waals surface area contributed by atoms with Crippen molar-refractivity contribution in [3.63, 3.8) is 0 Å². The molecule has 5 rings (SSSR count). The Morgan fingerprint density at radius 1 is 1.09 bits per heavy atom. The van der Waals surface area contributed by atoms with Crippen molar-refractivity contribution in [3.8, 4) is 5.75 Å². The Kier molecular flexibility index (Phi) is 2.63. The van der Waals surface area contributed by atoms with Gasteiger partial charge in [0, 0.05) is 35.0 Å². The number of methoxy groups -OCH3 is 1. The van der Waals surface area contributed by atoms with Crippen molar-refractivity contribution in [2.45, 2.75) is 30.6 Å². The number of halogens is 2. The summed E-state index contributed by atoms with van der Waals surface area (Å²) < 4.78 is 34.8. The lowest BCUT2D eigenvalue weighted by molar-refractivity contribution is -0.289. The van der Waals surface area contributed by atoms with Crippen LogP contribution in [0.3, 0.4) is 0 Å². The summed E-state index contributed by atoms with van der Waals surface area (Å²) >= 11 is 0. The molecule has 0 N–H and O–H groups in total. The van der Waals surface area contributed by atoms with E-state index in [2.05, 4.69) is 9.97 Å². The van der Waals surface area contributed by atoms with Gasteiger partial charge in [-0.1, -0.05) is 0 Å². The molecule has 3 aliphatic carbocycles. The van der Waals surface area contributed by atoms with Gasteiger partial charge in [0.15, 0.2) is 0 Å². The first-order chi connectivity index (χ1) is 10.5. The lowest BCUT2D eigenvalue weighted by Crippen LogP contribution is -2.70. The molecule has 0 atom stereocenters. The van der Waals surface area contributed by atoms with Crippen molar-refractivity contribution >= 4 is 0 Å². The van der Waals surface area contributed by atoms with E-state index < -0.39 is 11.3 Å². The van der Waals surface area contributed by atoms with Gasteiger partial charge in [-0.3, -0.25) is 9.97 Å². The molecular formula is C17H16F2N2O. The Bertz CT molecular complexity index is 681. The molecule has 0 amide bonds. The topological polar surface area (TPSA) is 35.0 Å². The maximum absolute atomic E-state index is 14.9. The molecule has 3 fully saturated rings. The maximum Gasteiger partial charge on any atom is 0.278 e. The normalized spacial score (nSPS) is 29.4. The van der Waals surface area contributed by atoms with Gasteiger partial charge in [-0.2, -0.15) is 0 Å². The highest BCUT2D eigenvalue weighted by Gasteiger charge is 2.78. The van der Waals surface area contributed by atoms with Gasteiger partial charge < -0.3 is 4.74 Å². The number of rotatable bonds is 4. The Morgan fingerprint density at radius 2 is 1.77 bits per heavy atom. The van der Waals surface area contributed by atoms with Crippen LogP contribution in [0.15, 0.2) is 42.9 Å². The fraction of sp³-hybridized carbons (Fsp3) is 0.412. The number of aromatic nitrogens is 2. The fourth-order valence-corrected chi connectivity index (χ4v) is 4.07. The van der Waals surface area contributed by atoms with Crippen LogP contribution in [0.4, 0.5) is 8.78 Å². The lowest BCUT2D eigenvalue weighted by Gasteiger charge is -2.72. The largest absolute Gasteiger partial charge is 0.497 e. The minimum atomic E-state index is -2.82. The number of hydrogen-bond donors (Lipinski definition) is 0. The Hall–Kier alpha value is -2.04. The van der Waals surface area contributed by atoms with Crippen LogP contribution in [0.2, 0.25) is 0 Å². The van der Waals surface area contributed by atoms with Crippen molar-refractivity contribution in [2.75, 3.05) is 7.11 Å². The van der Waals surface area contributed by atoms with Gasteiger partial charge >= 0.3 is 0 Å². The van der Waals surface area contributed by atoms with E-state index >= 15 is 0 Å². The van der Waals surface area contributed by atoms with E-state index in [1.54, 1.807) is 30.7 Å². The molecule has 1 aromatic carbocycles. The SMILES string of the molecule is COc1ccc(C(F)(F)C23CC(c4cnccn4)(C2)C3)cc1. The molecule has 3 nitrogen and oxygen atoms in total. The van der Waals surface area contributed by atoms with Crippen molar-refractivity contribution in [2.24, 2.45) is 5.41 Å². The van der Waals surface area contributed by atoms with Gasteiger partial charge in [0.1, 0.15) is 5.75 Å². The molecule has 0 unspecified atom stereocenters. The summed E-state index contributed by atoms with van der Waals surface area (Å²) in [6.45, 7) is 0. The van der Waals surface area contributed by atoms with Crippen LogP contribution >= 0.6 is 0 Å². The van der Waals surface area contributed by atoms with E-state index in [-0.39, 0.29) is 11.0 Å². The zero-order valence-corrected chi connectivity index (χ0v) is 12.2. The minimum Gasteiger partial charge on any atom is -0.497 e. The molecule has 2 bridgehead atoms.